The lowest BCUT2D eigenvalue weighted by molar-refractivity contribution is 0.249. The Labute approximate surface area is 204 Å². The van der Waals surface area contributed by atoms with Gasteiger partial charge in [0.1, 0.15) is 11.5 Å². The van der Waals surface area contributed by atoms with Crippen LogP contribution in [0.3, 0.4) is 0 Å². The third-order valence-electron chi connectivity index (χ3n) is 5.83. The van der Waals surface area contributed by atoms with Crippen LogP contribution in [0, 0.1) is 11.8 Å². The molecule has 2 aromatic heterocycles. The number of aromatic nitrogens is 2. The maximum absolute atomic E-state index is 6.30. The zero-order chi connectivity index (χ0) is 24.2. The molecular weight excluding hydrogens is 420 g/mol. The molecule has 3 rings (SSSR count). The molecule has 2 atom stereocenters. The van der Waals surface area contributed by atoms with Crippen LogP contribution in [-0.2, 0) is 0 Å². The molecule has 178 valence electrons. The van der Waals surface area contributed by atoms with Crippen molar-refractivity contribution in [2.75, 3.05) is 13.2 Å². The molecule has 0 aliphatic heterocycles. The van der Waals surface area contributed by atoms with E-state index in [2.05, 4.69) is 61.9 Å². The van der Waals surface area contributed by atoms with E-state index < -0.39 is 0 Å². The van der Waals surface area contributed by atoms with E-state index in [1.807, 2.05) is 48.6 Å². The number of benzene rings is 1. The number of hydrogen-bond acceptors (Lipinski definition) is 4. The molecule has 0 saturated heterocycles. The Morgan fingerprint density at radius 2 is 1.12 bits per heavy atom. The van der Waals surface area contributed by atoms with Gasteiger partial charge < -0.3 is 9.47 Å². The molecule has 3 aromatic rings. The second kappa shape index (κ2) is 13.3. The minimum Gasteiger partial charge on any atom is -0.493 e. The SMILES string of the molecule is CC[C@@H](C)COc1cc(/C=C\c2ccccn2)c(OC[C@H](C)CC)cc1/C=C\c1ccccn1. The molecule has 0 spiro atoms. The molecule has 0 aliphatic rings. The van der Waals surface area contributed by atoms with Crippen molar-refractivity contribution in [1.29, 1.82) is 0 Å². The molecule has 0 amide bonds. The van der Waals surface area contributed by atoms with Crippen LogP contribution in [0.4, 0.5) is 0 Å². The van der Waals surface area contributed by atoms with Gasteiger partial charge in [0.15, 0.2) is 0 Å². The summed E-state index contributed by atoms with van der Waals surface area (Å²) in [5.41, 5.74) is 3.75. The molecule has 0 bridgehead atoms. The van der Waals surface area contributed by atoms with Gasteiger partial charge in [-0.05, 0) is 72.5 Å². The van der Waals surface area contributed by atoms with Crippen molar-refractivity contribution in [3.05, 3.63) is 83.4 Å². The number of pyridine rings is 2. The van der Waals surface area contributed by atoms with Crippen molar-refractivity contribution >= 4 is 24.3 Å². The number of ether oxygens (including phenoxy) is 2. The highest BCUT2D eigenvalue weighted by Crippen LogP contribution is 2.33. The van der Waals surface area contributed by atoms with Gasteiger partial charge in [-0.2, -0.15) is 0 Å². The van der Waals surface area contributed by atoms with Gasteiger partial charge in [-0.3, -0.25) is 9.97 Å². The fourth-order valence-corrected chi connectivity index (χ4v) is 3.10. The van der Waals surface area contributed by atoms with Crippen LogP contribution < -0.4 is 9.47 Å². The predicted octanol–water partition coefficient (Wildman–Crippen LogP) is 7.67. The smallest absolute Gasteiger partial charge is 0.127 e. The van der Waals surface area contributed by atoms with Crippen LogP contribution in [0.1, 0.15) is 63.1 Å². The second-order valence-electron chi connectivity index (χ2n) is 8.75. The lowest BCUT2D eigenvalue weighted by Gasteiger charge is -2.18. The van der Waals surface area contributed by atoms with E-state index in [-0.39, 0.29) is 0 Å². The summed E-state index contributed by atoms with van der Waals surface area (Å²) in [4.78, 5) is 8.82. The van der Waals surface area contributed by atoms with Crippen molar-refractivity contribution in [1.82, 2.24) is 9.97 Å². The zero-order valence-electron chi connectivity index (χ0n) is 20.8. The number of hydrogen-bond donors (Lipinski definition) is 0. The molecule has 1 aromatic carbocycles. The Morgan fingerprint density at radius 1 is 0.676 bits per heavy atom. The van der Waals surface area contributed by atoms with Crippen LogP contribution in [0.25, 0.3) is 24.3 Å². The monoisotopic (exact) mass is 456 g/mol. The Balaban J connectivity index is 2.00. The Bertz CT molecular complexity index is 975. The van der Waals surface area contributed by atoms with E-state index in [4.69, 9.17) is 9.47 Å². The maximum Gasteiger partial charge on any atom is 0.127 e. The molecule has 0 unspecified atom stereocenters. The lowest BCUT2D eigenvalue weighted by Crippen LogP contribution is -2.10. The average Bonchev–Trinajstić information content (AvgIpc) is 2.89. The topological polar surface area (TPSA) is 44.2 Å². The summed E-state index contributed by atoms with van der Waals surface area (Å²) < 4.78 is 12.6. The Morgan fingerprint density at radius 3 is 1.47 bits per heavy atom. The molecule has 4 heteroatoms. The van der Waals surface area contributed by atoms with Gasteiger partial charge in [0, 0.05) is 23.5 Å². The number of rotatable bonds is 12. The largest absolute Gasteiger partial charge is 0.493 e. The first-order chi connectivity index (χ1) is 16.6. The molecule has 0 fully saturated rings. The minimum atomic E-state index is 0.474. The van der Waals surface area contributed by atoms with Crippen LogP contribution in [0.15, 0.2) is 60.9 Å². The van der Waals surface area contributed by atoms with Crippen molar-refractivity contribution in [3.8, 4) is 11.5 Å². The summed E-state index contributed by atoms with van der Waals surface area (Å²) in [6.07, 6.45) is 13.9. The normalized spacial score (nSPS) is 13.3. The van der Waals surface area contributed by atoms with Crippen molar-refractivity contribution < 1.29 is 9.47 Å². The molecular formula is C30H36N2O2. The standard InChI is InChI=1S/C30H36N2O2/c1-5-23(3)21-33-29-19-26(14-16-28-12-8-10-18-32-28)30(34-22-24(4)6-2)20-25(29)13-15-27-11-7-9-17-31-27/h7-20,23-24H,5-6,21-22H2,1-4H3/b15-13-,16-14-/t23-,24-/m1/s1. The summed E-state index contributed by atoms with van der Waals surface area (Å²) in [5, 5.41) is 0. The molecule has 0 aliphatic carbocycles. The van der Waals surface area contributed by atoms with E-state index in [0.29, 0.717) is 25.0 Å². The second-order valence-corrected chi connectivity index (χ2v) is 8.75. The van der Waals surface area contributed by atoms with E-state index >= 15 is 0 Å². The first-order valence-electron chi connectivity index (χ1n) is 12.2. The zero-order valence-corrected chi connectivity index (χ0v) is 20.8. The van der Waals surface area contributed by atoms with E-state index in [1.165, 1.54) is 0 Å². The molecule has 0 saturated carbocycles. The highest BCUT2D eigenvalue weighted by atomic mass is 16.5. The van der Waals surface area contributed by atoms with Crippen LogP contribution in [0.2, 0.25) is 0 Å². The highest BCUT2D eigenvalue weighted by molar-refractivity contribution is 5.78. The summed E-state index contributed by atoms with van der Waals surface area (Å²) in [6.45, 7) is 10.1. The molecule has 0 N–H and O–H groups in total. The maximum atomic E-state index is 6.30. The average molecular weight is 457 g/mol. The van der Waals surface area contributed by atoms with Gasteiger partial charge in [0.05, 0.1) is 24.6 Å². The van der Waals surface area contributed by atoms with Gasteiger partial charge in [-0.25, -0.2) is 0 Å². The fourth-order valence-electron chi connectivity index (χ4n) is 3.10. The predicted molar refractivity (Wildman–Crippen MR) is 143 cm³/mol. The summed E-state index contributed by atoms with van der Waals surface area (Å²) >= 11 is 0. The van der Waals surface area contributed by atoms with Crippen molar-refractivity contribution in [2.24, 2.45) is 11.8 Å². The van der Waals surface area contributed by atoms with E-state index in [1.54, 1.807) is 12.4 Å². The quantitative estimate of drug-likeness (QED) is 0.280. The summed E-state index contributed by atoms with van der Waals surface area (Å²) in [5.74, 6) is 2.62. The van der Waals surface area contributed by atoms with Gasteiger partial charge in [-0.1, -0.05) is 52.7 Å². The minimum absolute atomic E-state index is 0.474. The highest BCUT2D eigenvalue weighted by Gasteiger charge is 2.12. The van der Waals surface area contributed by atoms with Gasteiger partial charge in [0.25, 0.3) is 0 Å². The molecule has 4 nitrogen and oxygen atoms in total. The third kappa shape index (κ3) is 7.87. The van der Waals surface area contributed by atoms with Crippen LogP contribution >= 0.6 is 0 Å². The molecule has 34 heavy (non-hydrogen) atoms. The summed E-state index contributed by atoms with van der Waals surface area (Å²) in [7, 11) is 0. The van der Waals surface area contributed by atoms with Crippen LogP contribution in [0.5, 0.6) is 11.5 Å². The van der Waals surface area contributed by atoms with E-state index in [0.717, 1.165) is 46.9 Å². The third-order valence-corrected chi connectivity index (χ3v) is 5.83. The fraction of sp³-hybridized carbons (Fsp3) is 0.333. The Hall–Kier alpha value is -3.40. The number of nitrogens with zero attached hydrogens (tertiary/aromatic N) is 2. The Kier molecular flexibility index (Phi) is 9.90. The first-order valence-corrected chi connectivity index (χ1v) is 12.2. The first kappa shape index (κ1) is 25.2. The molecule has 2 heterocycles. The van der Waals surface area contributed by atoms with Crippen molar-refractivity contribution in [3.63, 3.8) is 0 Å². The van der Waals surface area contributed by atoms with Gasteiger partial charge >= 0.3 is 0 Å². The van der Waals surface area contributed by atoms with Gasteiger partial charge in [0.2, 0.25) is 0 Å². The van der Waals surface area contributed by atoms with Gasteiger partial charge in [-0.15, -0.1) is 0 Å². The summed E-state index contributed by atoms with van der Waals surface area (Å²) in [6, 6.07) is 15.9. The van der Waals surface area contributed by atoms with Crippen molar-refractivity contribution in [2.45, 2.75) is 40.5 Å². The molecule has 0 radical (unpaired) electrons. The lowest BCUT2D eigenvalue weighted by atomic mass is 10.1. The van der Waals surface area contributed by atoms with Crippen LogP contribution in [-0.4, -0.2) is 23.2 Å². The van der Waals surface area contributed by atoms with E-state index in [9.17, 15) is 0 Å².